The van der Waals surface area contributed by atoms with Gasteiger partial charge in [-0.2, -0.15) is 0 Å². The standard InChI is InChI=1S/C17H27N3O3/c1-2-4-13(15(21)17(23)19-11-7-8-11)20-16(22)14-12-6-3-5-10(12)9-18-14/h10-14,18H,2-9H2,1H3,(H,19,23)(H,20,22). The molecule has 0 aromatic rings. The molecule has 2 amide bonds. The van der Waals surface area contributed by atoms with Gasteiger partial charge < -0.3 is 16.0 Å². The molecule has 1 heterocycles. The largest absolute Gasteiger partial charge is 0.347 e. The Labute approximate surface area is 137 Å². The summed E-state index contributed by atoms with van der Waals surface area (Å²) in [6, 6.07) is -0.755. The lowest BCUT2D eigenvalue weighted by Crippen LogP contribution is -2.53. The van der Waals surface area contributed by atoms with E-state index in [0.29, 0.717) is 18.3 Å². The lowest BCUT2D eigenvalue weighted by atomic mass is 9.93. The number of nitrogens with one attached hydrogen (secondary N) is 3. The molecule has 0 spiro atoms. The van der Waals surface area contributed by atoms with Gasteiger partial charge in [0.05, 0.1) is 12.1 Å². The highest BCUT2D eigenvalue weighted by molar-refractivity contribution is 6.38. The summed E-state index contributed by atoms with van der Waals surface area (Å²) in [5.41, 5.74) is 0. The zero-order chi connectivity index (χ0) is 16.4. The average Bonchev–Trinajstić information content (AvgIpc) is 3.06. The molecule has 0 bridgehead atoms. The number of Topliss-reactive ketones (excluding diaryl/α,β-unsaturated/α-hetero) is 1. The van der Waals surface area contributed by atoms with Crippen molar-refractivity contribution in [3.63, 3.8) is 0 Å². The number of carbonyl (C=O) groups excluding carboxylic acids is 3. The van der Waals surface area contributed by atoms with Crippen LogP contribution in [0, 0.1) is 11.8 Å². The van der Waals surface area contributed by atoms with Crippen LogP contribution in [0.3, 0.4) is 0 Å². The second-order valence-electron chi connectivity index (χ2n) is 7.20. The summed E-state index contributed by atoms with van der Waals surface area (Å²) >= 11 is 0. The molecule has 6 heteroatoms. The van der Waals surface area contributed by atoms with E-state index >= 15 is 0 Å². The molecular weight excluding hydrogens is 294 g/mol. The fourth-order valence-corrected chi connectivity index (χ4v) is 3.94. The van der Waals surface area contributed by atoms with Crippen LogP contribution >= 0.6 is 0 Å². The lowest BCUT2D eigenvalue weighted by molar-refractivity contribution is -0.140. The summed E-state index contributed by atoms with van der Waals surface area (Å²) in [6.07, 6.45) is 6.58. The first-order chi connectivity index (χ1) is 11.1. The molecule has 1 aliphatic heterocycles. The molecule has 3 fully saturated rings. The molecule has 3 aliphatic rings. The van der Waals surface area contributed by atoms with Gasteiger partial charge >= 0.3 is 0 Å². The molecule has 1 saturated heterocycles. The number of ketones is 1. The van der Waals surface area contributed by atoms with E-state index in [0.717, 1.165) is 32.2 Å². The van der Waals surface area contributed by atoms with Crippen molar-refractivity contribution in [3.05, 3.63) is 0 Å². The number of fused-ring (bicyclic) bond motifs is 1. The highest BCUT2D eigenvalue weighted by atomic mass is 16.2. The van der Waals surface area contributed by atoms with Gasteiger partial charge in [0.15, 0.2) is 0 Å². The van der Waals surface area contributed by atoms with Gasteiger partial charge in [-0.05, 0) is 50.5 Å². The Morgan fingerprint density at radius 3 is 2.65 bits per heavy atom. The van der Waals surface area contributed by atoms with Crippen LogP contribution in [0.4, 0.5) is 0 Å². The van der Waals surface area contributed by atoms with Crippen molar-refractivity contribution in [1.29, 1.82) is 0 Å². The molecule has 23 heavy (non-hydrogen) atoms. The Hall–Kier alpha value is -1.43. The van der Waals surface area contributed by atoms with Crippen molar-refractivity contribution in [2.45, 2.75) is 70.0 Å². The van der Waals surface area contributed by atoms with E-state index in [2.05, 4.69) is 16.0 Å². The van der Waals surface area contributed by atoms with E-state index in [1.807, 2.05) is 6.92 Å². The van der Waals surface area contributed by atoms with Crippen molar-refractivity contribution in [2.75, 3.05) is 6.54 Å². The van der Waals surface area contributed by atoms with Gasteiger partial charge in [0, 0.05) is 6.04 Å². The summed E-state index contributed by atoms with van der Waals surface area (Å²) < 4.78 is 0. The van der Waals surface area contributed by atoms with Crippen LogP contribution in [0.25, 0.3) is 0 Å². The minimum absolute atomic E-state index is 0.120. The molecule has 6 nitrogen and oxygen atoms in total. The first-order valence-electron chi connectivity index (χ1n) is 8.98. The van der Waals surface area contributed by atoms with Crippen molar-refractivity contribution >= 4 is 17.6 Å². The predicted molar refractivity (Wildman–Crippen MR) is 85.6 cm³/mol. The highest BCUT2D eigenvalue weighted by Gasteiger charge is 2.43. The van der Waals surface area contributed by atoms with Gasteiger partial charge in [-0.25, -0.2) is 0 Å². The second-order valence-corrected chi connectivity index (χ2v) is 7.20. The number of amides is 2. The molecule has 3 N–H and O–H groups in total. The van der Waals surface area contributed by atoms with E-state index in [1.165, 1.54) is 12.8 Å². The SMILES string of the molecule is CCCC(NC(=O)C1NCC2CCCC21)C(=O)C(=O)NC1CC1. The molecule has 4 unspecified atom stereocenters. The number of rotatable bonds is 7. The van der Waals surface area contributed by atoms with Crippen molar-refractivity contribution in [2.24, 2.45) is 11.8 Å². The Morgan fingerprint density at radius 2 is 1.96 bits per heavy atom. The molecule has 0 aromatic carbocycles. The van der Waals surface area contributed by atoms with E-state index in [-0.39, 0.29) is 18.0 Å². The van der Waals surface area contributed by atoms with E-state index in [1.54, 1.807) is 0 Å². The summed E-state index contributed by atoms with van der Waals surface area (Å²) in [4.78, 5) is 36.9. The quantitative estimate of drug-likeness (QED) is 0.596. The third-order valence-corrected chi connectivity index (χ3v) is 5.38. The maximum absolute atomic E-state index is 12.6. The second kappa shape index (κ2) is 6.99. The minimum atomic E-state index is -0.700. The van der Waals surface area contributed by atoms with Crippen LogP contribution in [0.1, 0.15) is 51.9 Å². The molecule has 3 rings (SSSR count). The summed E-state index contributed by atoms with van der Waals surface area (Å²) in [6.45, 7) is 2.84. The highest BCUT2D eigenvalue weighted by Crippen LogP contribution is 2.37. The number of hydrogen-bond donors (Lipinski definition) is 3. The van der Waals surface area contributed by atoms with Crippen LogP contribution < -0.4 is 16.0 Å². The normalized spacial score (nSPS) is 30.6. The molecular formula is C17H27N3O3. The molecule has 4 atom stereocenters. The summed E-state index contributed by atoms with van der Waals surface area (Å²) in [5, 5.41) is 8.84. The van der Waals surface area contributed by atoms with Crippen LogP contribution in [-0.4, -0.2) is 42.3 Å². The van der Waals surface area contributed by atoms with Gasteiger partial charge in [-0.15, -0.1) is 0 Å². The van der Waals surface area contributed by atoms with Gasteiger partial charge in [0.1, 0.15) is 0 Å². The van der Waals surface area contributed by atoms with Crippen molar-refractivity contribution in [1.82, 2.24) is 16.0 Å². The average molecular weight is 321 g/mol. The first-order valence-corrected chi connectivity index (χ1v) is 8.98. The van der Waals surface area contributed by atoms with Gasteiger partial charge in [0.25, 0.3) is 5.91 Å². The Morgan fingerprint density at radius 1 is 1.17 bits per heavy atom. The Kier molecular flexibility index (Phi) is 4.99. The maximum atomic E-state index is 12.6. The monoisotopic (exact) mass is 321 g/mol. The minimum Gasteiger partial charge on any atom is -0.347 e. The molecule has 0 radical (unpaired) electrons. The van der Waals surface area contributed by atoms with Gasteiger partial charge in [-0.3, -0.25) is 14.4 Å². The topological polar surface area (TPSA) is 87.3 Å². The molecule has 0 aromatic heterocycles. The third kappa shape index (κ3) is 3.74. The van der Waals surface area contributed by atoms with Crippen LogP contribution in [0.2, 0.25) is 0 Å². The predicted octanol–water partition coefficient (Wildman–Crippen LogP) is 0.507. The smallest absolute Gasteiger partial charge is 0.289 e. The zero-order valence-corrected chi connectivity index (χ0v) is 13.8. The van der Waals surface area contributed by atoms with Crippen LogP contribution in [-0.2, 0) is 14.4 Å². The summed E-state index contributed by atoms with van der Waals surface area (Å²) in [7, 11) is 0. The lowest BCUT2D eigenvalue weighted by Gasteiger charge is -2.22. The fourth-order valence-electron chi connectivity index (χ4n) is 3.94. The molecule has 2 saturated carbocycles. The third-order valence-electron chi connectivity index (χ3n) is 5.38. The van der Waals surface area contributed by atoms with Crippen LogP contribution in [0.15, 0.2) is 0 Å². The summed E-state index contributed by atoms with van der Waals surface area (Å²) in [5.74, 6) is -0.209. The number of carbonyl (C=O) groups is 3. The van der Waals surface area contributed by atoms with Gasteiger partial charge in [0.2, 0.25) is 11.7 Å². The van der Waals surface area contributed by atoms with Crippen molar-refractivity contribution < 1.29 is 14.4 Å². The molecule has 128 valence electrons. The van der Waals surface area contributed by atoms with Crippen LogP contribution in [0.5, 0.6) is 0 Å². The van der Waals surface area contributed by atoms with Gasteiger partial charge in [-0.1, -0.05) is 19.8 Å². The number of hydrogen-bond acceptors (Lipinski definition) is 4. The fraction of sp³-hybridized carbons (Fsp3) is 0.824. The van der Waals surface area contributed by atoms with Crippen molar-refractivity contribution in [3.8, 4) is 0 Å². The Bertz CT molecular complexity index is 489. The van der Waals surface area contributed by atoms with E-state index in [4.69, 9.17) is 0 Å². The first kappa shape index (κ1) is 16.4. The van der Waals surface area contributed by atoms with E-state index in [9.17, 15) is 14.4 Å². The zero-order valence-electron chi connectivity index (χ0n) is 13.8. The van der Waals surface area contributed by atoms with E-state index < -0.39 is 17.7 Å². The molecule has 2 aliphatic carbocycles. The Balaban J connectivity index is 1.58. The maximum Gasteiger partial charge on any atom is 0.289 e.